The summed E-state index contributed by atoms with van der Waals surface area (Å²) < 4.78 is 171. The number of rotatable bonds is 9. The molecule has 1 nitrogen and oxygen atoms in total. The molecular weight excluding hydrogens is 479 g/mol. The molecular formula is C18H17F13O. The topological polar surface area (TPSA) is 20.2 Å². The van der Waals surface area contributed by atoms with Gasteiger partial charge in [0.1, 0.15) is 0 Å². The lowest BCUT2D eigenvalue weighted by atomic mass is 9.88. The highest BCUT2D eigenvalue weighted by Gasteiger charge is 2.90. The second-order valence-electron chi connectivity index (χ2n) is 7.52. The number of halogens is 13. The van der Waals surface area contributed by atoms with Gasteiger partial charge in [0.25, 0.3) is 0 Å². The van der Waals surface area contributed by atoms with Crippen LogP contribution in [0.4, 0.5) is 57.1 Å². The molecule has 1 aromatic rings. The molecule has 1 rings (SSSR count). The molecule has 1 atom stereocenters. The molecule has 0 heterocycles. The normalized spacial score (nSPS) is 15.9. The van der Waals surface area contributed by atoms with Crippen LogP contribution in [0, 0.1) is 5.92 Å². The van der Waals surface area contributed by atoms with Crippen molar-refractivity contribution in [2.75, 3.05) is 0 Å². The first-order chi connectivity index (χ1) is 14.0. The van der Waals surface area contributed by atoms with Crippen molar-refractivity contribution in [2.45, 2.75) is 68.6 Å². The molecule has 0 aromatic heterocycles. The summed E-state index contributed by atoms with van der Waals surface area (Å²) >= 11 is 0. The Labute approximate surface area is 173 Å². The maximum absolute atomic E-state index is 14.0. The Balaban J connectivity index is 3.38. The molecule has 0 aliphatic heterocycles. The molecule has 0 bridgehead atoms. The molecule has 0 fully saturated rings. The maximum Gasteiger partial charge on any atom is 0.460 e. The number of aliphatic hydroxyl groups excluding tert-OH is 1. The van der Waals surface area contributed by atoms with E-state index >= 15 is 0 Å². The second-order valence-corrected chi connectivity index (χ2v) is 7.52. The smallest absolute Gasteiger partial charge is 0.388 e. The third-order valence-corrected chi connectivity index (χ3v) is 4.49. The fourth-order valence-electron chi connectivity index (χ4n) is 2.77. The summed E-state index contributed by atoms with van der Waals surface area (Å²) in [5.74, 6) is -37.5. The maximum atomic E-state index is 14.0. The Morgan fingerprint density at radius 1 is 0.688 bits per heavy atom. The van der Waals surface area contributed by atoms with Crippen LogP contribution in [0.5, 0.6) is 0 Å². The molecule has 186 valence electrons. The van der Waals surface area contributed by atoms with Crippen molar-refractivity contribution in [1.29, 1.82) is 0 Å². The molecule has 0 radical (unpaired) electrons. The zero-order valence-corrected chi connectivity index (χ0v) is 16.2. The van der Waals surface area contributed by atoms with E-state index in [1.54, 1.807) is 13.8 Å². The van der Waals surface area contributed by atoms with Crippen molar-refractivity contribution in [1.82, 2.24) is 0 Å². The van der Waals surface area contributed by atoms with Gasteiger partial charge in [-0.05, 0) is 23.5 Å². The van der Waals surface area contributed by atoms with Crippen LogP contribution in [-0.2, 0) is 6.42 Å². The number of hydrogen-bond acceptors (Lipinski definition) is 1. The van der Waals surface area contributed by atoms with Crippen LogP contribution in [0.15, 0.2) is 24.3 Å². The largest absolute Gasteiger partial charge is 0.460 e. The van der Waals surface area contributed by atoms with Crippen molar-refractivity contribution >= 4 is 0 Å². The Morgan fingerprint density at radius 2 is 1.12 bits per heavy atom. The minimum Gasteiger partial charge on any atom is -0.388 e. The van der Waals surface area contributed by atoms with Crippen molar-refractivity contribution in [3.05, 3.63) is 35.4 Å². The second kappa shape index (κ2) is 8.56. The SMILES string of the molecule is CC(C)Cc1ccccc1C(O)CC(F)(F)C(F)(F)C(F)(F)C(F)(F)C(F)(F)C(F)(F)F. The fourth-order valence-corrected chi connectivity index (χ4v) is 2.77. The summed E-state index contributed by atoms with van der Waals surface area (Å²) in [7, 11) is 0. The summed E-state index contributed by atoms with van der Waals surface area (Å²) in [6.45, 7) is 3.27. The van der Waals surface area contributed by atoms with E-state index in [0.717, 1.165) is 12.1 Å². The molecule has 0 aliphatic carbocycles. The third kappa shape index (κ3) is 4.65. The number of alkyl halides is 13. The van der Waals surface area contributed by atoms with Gasteiger partial charge in [-0.15, -0.1) is 0 Å². The van der Waals surface area contributed by atoms with Gasteiger partial charge in [-0.1, -0.05) is 38.1 Å². The highest BCUT2D eigenvalue weighted by atomic mass is 19.4. The van der Waals surface area contributed by atoms with Gasteiger partial charge in [0, 0.05) is 6.42 Å². The van der Waals surface area contributed by atoms with Gasteiger partial charge in [0.05, 0.1) is 6.10 Å². The van der Waals surface area contributed by atoms with Crippen molar-refractivity contribution in [3.8, 4) is 0 Å². The van der Waals surface area contributed by atoms with Crippen LogP contribution in [0.3, 0.4) is 0 Å². The van der Waals surface area contributed by atoms with Gasteiger partial charge in [-0.2, -0.15) is 57.1 Å². The Morgan fingerprint density at radius 3 is 1.56 bits per heavy atom. The number of aliphatic hydroxyl groups is 1. The Hall–Kier alpha value is -1.73. The molecule has 1 aromatic carbocycles. The van der Waals surface area contributed by atoms with E-state index in [0.29, 0.717) is 0 Å². The van der Waals surface area contributed by atoms with Crippen LogP contribution in [0.1, 0.15) is 37.5 Å². The molecule has 1 N–H and O–H groups in total. The lowest BCUT2D eigenvalue weighted by Crippen LogP contribution is -2.70. The average molecular weight is 496 g/mol. The summed E-state index contributed by atoms with van der Waals surface area (Å²) in [5.41, 5.74) is -0.359. The lowest BCUT2D eigenvalue weighted by Gasteiger charge is -2.40. The quantitative estimate of drug-likeness (QED) is 0.364. The average Bonchev–Trinajstić information content (AvgIpc) is 2.59. The highest BCUT2D eigenvalue weighted by Crippen LogP contribution is 2.61. The first kappa shape index (κ1) is 28.3. The van der Waals surface area contributed by atoms with Crippen molar-refractivity contribution in [2.24, 2.45) is 5.92 Å². The molecule has 0 spiro atoms. The number of benzene rings is 1. The Kier molecular flexibility index (Phi) is 7.57. The summed E-state index contributed by atoms with van der Waals surface area (Å²) in [5, 5.41) is 9.90. The minimum atomic E-state index is -7.95. The van der Waals surface area contributed by atoms with Crippen LogP contribution in [0.2, 0.25) is 0 Å². The highest BCUT2D eigenvalue weighted by molar-refractivity contribution is 5.30. The van der Waals surface area contributed by atoms with Crippen LogP contribution < -0.4 is 0 Å². The molecule has 32 heavy (non-hydrogen) atoms. The predicted molar refractivity (Wildman–Crippen MR) is 85.4 cm³/mol. The van der Waals surface area contributed by atoms with Crippen LogP contribution >= 0.6 is 0 Å². The van der Waals surface area contributed by atoms with E-state index < -0.39 is 53.9 Å². The summed E-state index contributed by atoms with van der Waals surface area (Å²) in [4.78, 5) is 0. The molecule has 0 saturated carbocycles. The van der Waals surface area contributed by atoms with E-state index in [9.17, 15) is 62.2 Å². The predicted octanol–water partition coefficient (Wildman–Crippen LogP) is 7.05. The van der Waals surface area contributed by atoms with E-state index in [2.05, 4.69) is 0 Å². The van der Waals surface area contributed by atoms with Crippen molar-refractivity contribution in [3.63, 3.8) is 0 Å². The van der Waals surface area contributed by atoms with Gasteiger partial charge in [0.2, 0.25) is 0 Å². The Bertz CT molecular complexity index is 783. The van der Waals surface area contributed by atoms with Gasteiger partial charge in [-0.3, -0.25) is 0 Å². The zero-order chi connectivity index (χ0) is 25.6. The molecule has 0 saturated heterocycles. The molecule has 1 unspecified atom stereocenters. The third-order valence-electron chi connectivity index (χ3n) is 4.49. The minimum absolute atomic E-state index is 0.0846. The molecule has 0 aliphatic rings. The van der Waals surface area contributed by atoms with Gasteiger partial charge < -0.3 is 5.11 Å². The van der Waals surface area contributed by atoms with E-state index in [-0.39, 0.29) is 17.9 Å². The van der Waals surface area contributed by atoms with Gasteiger partial charge >= 0.3 is 35.8 Å². The first-order valence-electron chi connectivity index (χ1n) is 8.76. The monoisotopic (exact) mass is 496 g/mol. The van der Waals surface area contributed by atoms with Crippen LogP contribution in [0.25, 0.3) is 0 Å². The summed E-state index contributed by atoms with van der Waals surface area (Å²) in [6, 6.07) is 4.71. The lowest BCUT2D eigenvalue weighted by molar-refractivity contribution is -0.440. The fraction of sp³-hybridized carbons (Fsp3) is 0.667. The zero-order valence-electron chi connectivity index (χ0n) is 16.2. The van der Waals surface area contributed by atoms with Crippen molar-refractivity contribution < 1.29 is 62.2 Å². The van der Waals surface area contributed by atoms with E-state index in [4.69, 9.17) is 0 Å². The van der Waals surface area contributed by atoms with Crippen LogP contribution in [-0.4, -0.2) is 40.9 Å². The standard InChI is InChI=1S/C18H17F13O/c1-9(2)7-10-5-3-4-6-11(10)12(32)8-13(19,20)14(21,22)15(23,24)16(25,26)17(27,28)18(29,30)31/h3-6,9,12,32H,7-8H2,1-2H3. The van der Waals surface area contributed by atoms with E-state index in [1.807, 2.05) is 0 Å². The first-order valence-corrected chi connectivity index (χ1v) is 8.76. The summed E-state index contributed by atoms with van der Waals surface area (Å²) in [6.07, 6.45) is -12.7. The molecule has 14 heteroatoms. The van der Waals surface area contributed by atoms with E-state index in [1.165, 1.54) is 12.1 Å². The number of hydrogen-bond donors (Lipinski definition) is 1. The molecule has 0 amide bonds. The van der Waals surface area contributed by atoms with Gasteiger partial charge in [0.15, 0.2) is 0 Å². The van der Waals surface area contributed by atoms with Gasteiger partial charge in [-0.25, -0.2) is 0 Å².